The van der Waals surface area contributed by atoms with Crippen LogP contribution in [0.4, 0.5) is 8.78 Å². The molecule has 0 radical (unpaired) electrons. The van der Waals surface area contributed by atoms with Crippen molar-refractivity contribution in [3.05, 3.63) is 42.0 Å². The molecule has 0 heterocycles. The lowest BCUT2D eigenvalue weighted by molar-refractivity contribution is -0.164. The molecule has 0 amide bonds. The number of benzene rings is 1. The Morgan fingerprint density at radius 2 is 2.00 bits per heavy atom. The molecule has 0 atom stereocenters. The van der Waals surface area contributed by atoms with Gasteiger partial charge in [0.05, 0.1) is 6.61 Å². The molecule has 2 nitrogen and oxygen atoms in total. The van der Waals surface area contributed by atoms with Gasteiger partial charge in [0, 0.05) is 9.66 Å². The third kappa shape index (κ3) is 4.07. The van der Waals surface area contributed by atoms with Gasteiger partial charge in [0.1, 0.15) is 0 Å². The molecule has 0 unspecified atom stereocenters. The smallest absolute Gasteiger partial charge is 0.381 e. The summed E-state index contributed by atoms with van der Waals surface area (Å²) in [5.41, 5.74) is 0.636. The van der Waals surface area contributed by atoms with Gasteiger partial charge in [-0.25, -0.2) is 4.79 Å². The number of esters is 1. The Kier molecular flexibility index (Phi) is 5.04. The summed E-state index contributed by atoms with van der Waals surface area (Å²) >= 11 is 1.77. The molecule has 0 aromatic heterocycles. The average Bonchev–Trinajstić information content (AvgIpc) is 2.30. The Hall–Kier alpha value is -0.980. The fourth-order valence-corrected chi connectivity index (χ4v) is 1.88. The minimum absolute atomic E-state index is 0.0653. The van der Waals surface area contributed by atoms with E-state index >= 15 is 0 Å². The third-order valence-corrected chi connectivity index (χ3v) is 2.84. The highest BCUT2D eigenvalue weighted by Gasteiger charge is 2.38. The molecule has 0 aliphatic rings. The maximum Gasteiger partial charge on any atom is 0.381 e. The van der Waals surface area contributed by atoms with E-state index < -0.39 is 11.9 Å². The number of alkyl halides is 2. The number of hydrogen-bond acceptors (Lipinski definition) is 2. The van der Waals surface area contributed by atoms with Crippen LogP contribution in [0.2, 0.25) is 0 Å². The quantitative estimate of drug-likeness (QED) is 0.611. The van der Waals surface area contributed by atoms with Gasteiger partial charge in [-0.3, -0.25) is 0 Å². The number of rotatable bonds is 4. The van der Waals surface area contributed by atoms with Crippen molar-refractivity contribution in [2.75, 3.05) is 6.61 Å². The number of carbonyl (C=O) groups excluding carboxylic acids is 1. The van der Waals surface area contributed by atoms with E-state index in [0.29, 0.717) is 15.2 Å². The lowest BCUT2D eigenvalue weighted by Crippen LogP contribution is -2.28. The summed E-state index contributed by atoms with van der Waals surface area (Å²) in [7, 11) is 0. The third-order valence-electron chi connectivity index (χ3n) is 1.91. The molecule has 0 aliphatic heterocycles. The van der Waals surface area contributed by atoms with Gasteiger partial charge >= 0.3 is 11.9 Å². The summed E-state index contributed by atoms with van der Waals surface area (Å²) in [4.78, 5) is 11.0. The van der Waals surface area contributed by atoms with Gasteiger partial charge < -0.3 is 4.74 Å². The molecule has 0 fully saturated rings. The minimum atomic E-state index is -3.59. The monoisotopic (exact) mass is 352 g/mol. The van der Waals surface area contributed by atoms with Gasteiger partial charge in [-0.2, -0.15) is 8.78 Å². The van der Waals surface area contributed by atoms with Crippen LogP contribution >= 0.6 is 22.6 Å². The van der Waals surface area contributed by atoms with E-state index in [1.165, 1.54) is 6.92 Å². The van der Waals surface area contributed by atoms with Crippen LogP contribution in [0.25, 0.3) is 3.58 Å². The maximum atomic E-state index is 13.4. The first-order valence-electron chi connectivity index (χ1n) is 4.96. The van der Waals surface area contributed by atoms with Crippen LogP contribution in [0.15, 0.2) is 36.4 Å². The number of carbonyl (C=O) groups is 1. The summed E-state index contributed by atoms with van der Waals surface area (Å²) in [6.07, 6.45) is 0.612. The van der Waals surface area contributed by atoms with Crippen LogP contribution < -0.4 is 0 Å². The topological polar surface area (TPSA) is 26.3 Å². The predicted octanol–water partition coefficient (Wildman–Crippen LogP) is 3.66. The van der Waals surface area contributed by atoms with E-state index in [1.54, 1.807) is 52.9 Å². The van der Waals surface area contributed by atoms with Crippen molar-refractivity contribution in [3.63, 3.8) is 0 Å². The number of ether oxygens (including phenoxy) is 1. The van der Waals surface area contributed by atoms with E-state index in [-0.39, 0.29) is 6.61 Å². The molecule has 5 heteroatoms. The van der Waals surface area contributed by atoms with Crippen molar-refractivity contribution in [3.8, 4) is 0 Å². The first-order valence-corrected chi connectivity index (χ1v) is 6.04. The van der Waals surface area contributed by atoms with Crippen LogP contribution in [0.5, 0.6) is 0 Å². The molecule has 0 spiro atoms. The minimum Gasteiger partial charge on any atom is -0.461 e. The average molecular weight is 352 g/mol. The molecule has 1 aromatic rings. The molecule has 0 saturated heterocycles. The molecular formula is C12H11F2IO2. The molecular weight excluding hydrogens is 341 g/mol. The highest BCUT2D eigenvalue weighted by atomic mass is 127. The van der Waals surface area contributed by atoms with Gasteiger partial charge in [0.2, 0.25) is 0 Å². The zero-order valence-corrected chi connectivity index (χ0v) is 11.3. The second-order valence-electron chi connectivity index (χ2n) is 3.20. The largest absolute Gasteiger partial charge is 0.461 e. The summed E-state index contributed by atoms with van der Waals surface area (Å²) in [6, 6.07) is 8.66. The lowest BCUT2D eigenvalue weighted by atomic mass is 10.2. The van der Waals surface area contributed by atoms with Gasteiger partial charge in [0.25, 0.3) is 0 Å². The highest BCUT2D eigenvalue weighted by Crippen LogP contribution is 2.28. The Labute approximate surface area is 112 Å². The van der Waals surface area contributed by atoms with Crippen LogP contribution in [0.1, 0.15) is 12.5 Å². The highest BCUT2D eigenvalue weighted by molar-refractivity contribution is 14.1. The summed E-state index contributed by atoms with van der Waals surface area (Å²) < 4.78 is 31.4. The number of halogens is 3. The van der Waals surface area contributed by atoms with Crippen molar-refractivity contribution in [2.45, 2.75) is 12.8 Å². The second-order valence-corrected chi connectivity index (χ2v) is 4.36. The van der Waals surface area contributed by atoms with Gasteiger partial charge in [-0.15, -0.1) is 0 Å². The van der Waals surface area contributed by atoms with Gasteiger partial charge in [0.15, 0.2) is 0 Å². The summed E-state index contributed by atoms with van der Waals surface area (Å²) in [5.74, 6) is -5.12. The van der Waals surface area contributed by atoms with E-state index in [0.717, 1.165) is 0 Å². The molecule has 1 aromatic carbocycles. The maximum absolute atomic E-state index is 13.4. The van der Waals surface area contributed by atoms with Gasteiger partial charge in [-0.1, -0.05) is 30.3 Å². The van der Waals surface area contributed by atoms with E-state index in [1.807, 2.05) is 0 Å². The van der Waals surface area contributed by atoms with E-state index in [2.05, 4.69) is 4.74 Å². The first kappa shape index (κ1) is 14.1. The summed E-state index contributed by atoms with van der Waals surface area (Å²) in [5, 5.41) is 0. The molecule has 0 saturated carbocycles. The normalized spacial score (nSPS) is 12.4. The van der Waals surface area contributed by atoms with Crippen molar-refractivity contribution >= 4 is 32.1 Å². The first-order chi connectivity index (χ1) is 7.97. The van der Waals surface area contributed by atoms with E-state index in [9.17, 15) is 13.6 Å². The molecule has 1 rings (SSSR count). The van der Waals surface area contributed by atoms with E-state index in [4.69, 9.17) is 0 Å². The molecule has 0 bridgehead atoms. The Bertz CT molecular complexity index is 416. The fourth-order valence-electron chi connectivity index (χ4n) is 1.13. The summed E-state index contributed by atoms with van der Waals surface area (Å²) in [6.45, 7) is 1.42. The van der Waals surface area contributed by atoms with Crippen LogP contribution in [-0.2, 0) is 9.53 Å². The van der Waals surface area contributed by atoms with Crippen LogP contribution in [0.3, 0.4) is 0 Å². The van der Waals surface area contributed by atoms with Gasteiger partial charge in [-0.05, 0) is 35.1 Å². The fraction of sp³-hybridized carbons (Fsp3) is 0.250. The molecule has 0 N–H and O–H groups in total. The predicted molar refractivity (Wildman–Crippen MR) is 70.0 cm³/mol. The molecule has 0 aliphatic carbocycles. The van der Waals surface area contributed by atoms with Crippen molar-refractivity contribution in [2.24, 2.45) is 0 Å². The Morgan fingerprint density at radius 3 is 2.53 bits per heavy atom. The molecule has 92 valence electrons. The standard InChI is InChI=1S/C12H11F2IO2/c1-2-17-11(16)12(13,14)8-10(15)9-6-4-3-5-7-9/h3-8H,2H2,1H3. The van der Waals surface area contributed by atoms with Crippen LogP contribution in [-0.4, -0.2) is 18.5 Å². The Morgan fingerprint density at radius 1 is 1.41 bits per heavy atom. The lowest BCUT2D eigenvalue weighted by Gasteiger charge is -2.11. The van der Waals surface area contributed by atoms with Crippen molar-refractivity contribution in [1.82, 2.24) is 0 Å². The van der Waals surface area contributed by atoms with Crippen molar-refractivity contribution < 1.29 is 18.3 Å². The SMILES string of the molecule is CCOC(=O)C(F)(F)C=C(I)c1ccccc1. The van der Waals surface area contributed by atoms with Crippen molar-refractivity contribution in [1.29, 1.82) is 0 Å². The zero-order chi connectivity index (χ0) is 12.9. The number of hydrogen-bond donors (Lipinski definition) is 0. The van der Waals surface area contributed by atoms with Crippen LogP contribution in [0, 0.1) is 0 Å². The second kappa shape index (κ2) is 6.09. The molecule has 17 heavy (non-hydrogen) atoms. The zero-order valence-electron chi connectivity index (χ0n) is 9.12. The Balaban J connectivity index is 2.91.